The van der Waals surface area contributed by atoms with E-state index in [4.69, 9.17) is 0 Å². The molecule has 4 aromatic rings. The predicted molar refractivity (Wildman–Crippen MR) is 128 cm³/mol. The molecule has 32 heavy (non-hydrogen) atoms. The van der Waals surface area contributed by atoms with Gasteiger partial charge in [-0.2, -0.15) is 0 Å². The van der Waals surface area contributed by atoms with Crippen molar-refractivity contribution in [2.24, 2.45) is 0 Å². The van der Waals surface area contributed by atoms with Crippen LogP contribution in [0.25, 0.3) is 15.9 Å². The van der Waals surface area contributed by atoms with Crippen molar-refractivity contribution in [3.05, 3.63) is 80.7 Å². The zero-order valence-corrected chi connectivity index (χ0v) is 19.0. The first kappa shape index (κ1) is 20.9. The fourth-order valence-electron chi connectivity index (χ4n) is 3.96. The normalized spacial score (nSPS) is 12.8. The van der Waals surface area contributed by atoms with Crippen molar-refractivity contribution in [3.63, 3.8) is 0 Å². The van der Waals surface area contributed by atoms with Gasteiger partial charge in [0.1, 0.15) is 10.5 Å². The maximum atomic E-state index is 13.8. The molecule has 1 N–H and O–H groups in total. The number of fused-ring (bicyclic) bond motifs is 2. The first-order valence-corrected chi connectivity index (χ1v) is 12.2. The maximum absolute atomic E-state index is 13.8. The molecular formula is C24H20FN3O2S2. The molecule has 1 amide bonds. The molecule has 5 rings (SSSR count). The zero-order valence-electron chi connectivity index (χ0n) is 17.4. The van der Waals surface area contributed by atoms with E-state index in [9.17, 15) is 14.0 Å². The molecule has 2 heterocycles. The summed E-state index contributed by atoms with van der Waals surface area (Å²) >= 11 is 2.50. The number of aryl methyl sites for hydroxylation is 3. The molecule has 2 aromatic heterocycles. The van der Waals surface area contributed by atoms with E-state index >= 15 is 0 Å². The fourth-order valence-corrected chi connectivity index (χ4v) is 5.53. The summed E-state index contributed by atoms with van der Waals surface area (Å²) in [6, 6.07) is 12.3. The second kappa shape index (κ2) is 8.52. The lowest BCUT2D eigenvalue weighted by Crippen LogP contribution is -2.22. The number of nitrogens with one attached hydrogen (secondary N) is 1. The molecule has 0 unspecified atom stereocenters. The highest BCUT2D eigenvalue weighted by atomic mass is 32.2. The van der Waals surface area contributed by atoms with Gasteiger partial charge in [-0.25, -0.2) is 9.37 Å². The highest BCUT2D eigenvalue weighted by molar-refractivity contribution is 7.99. The molecule has 0 atom stereocenters. The first-order chi connectivity index (χ1) is 15.5. The summed E-state index contributed by atoms with van der Waals surface area (Å²) in [5.41, 5.74) is 4.76. The lowest BCUT2D eigenvalue weighted by atomic mass is 10.1. The van der Waals surface area contributed by atoms with Crippen LogP contribution < -0.4 is 10.9 Å². The van der Waals surface area contributed by atoms with E-state index in [-0.39, 0.29) is 23.0 Å². The Bertz CT molecular complexity index is 1410. The standard InChI is InChI=1S/C24H20FN3O2S2/c1-14-11-18(7-8-19(14)25)28-23(30)22-20(9-10-31-22)27-24(28)32-13-21(29)26-17-6-5-15-3-2-4-16(15)12-17/h5-12H,2-4,13H2,1H3,(H,26,29). The average Bonchev–Trinajstić information content (AvgIpc) is 3.43. The van der Waals surface area contributed by atoms with Gasteiger partial charge in [0.15, 0.2) is 5.16 Å². The lowest BCUT2D eigenvalue weighted by Gasteiger charge is -2.13. The first-order valence-electron chi connectivity index (χ1n) is 10.3. The molecule has 0 saturated heterocycles. The van der Waals surface area contributed by atoms with Crippen LogP contribution in [-0.2, 0) is 17.6 Å². The number of aromatic nitrogens is 2. The van der Waals surface area contributed by atoms with Crippen molar-refractivity contribution >= 4 is 44.9 Å². The van der Waals surface area contributed by atoms with Crippen LogP contribution in [0.3, 0.4) is 0 Å². The minimum Gasteiger partial charge on any atom is -0.325 e. The molecule has 0 radical (unpaired) electrons. The van der Waals surface area contributed by atoms with E-state index in [1.165, 1.54) is 44.9 Å². The second-order valence-electron chi connectivity index (χ2n) is 7.78. The van der Waals surface area contributed by atoms with Gasteiger partial charge in [-0.05, 0) is 84.7 Å². The van der Waals surface area contributed by atoms with Crippen molar-refractivity contribution in [1.29, 1.82) is 0 Å². The van der Waals surface area contributed by atoms with E-state index in [0.717, 1.165) is 24.9 Å². The Morgan fingerprint density at radius 3 is 2.88 bits per heavy atom. The quantitative estimate of drug-likeness (QED) is 0.328. The Morgan fingerprint density at radius 1 is 1.19 bits per heavy atom. The van der Waals surface area contributed by atoms with Crippen LogP contribution in [0.5, 0.6) is 0 Å². The van der Waals surface area contributed by atoms with Gasteiger partial charge in [-0.1, -0.05) is 17.8 Å². The topological polar surface area (TPSA) is 64.0 Å². The maximum Gasteiger partial charge on any atom is 0.276 e. The number of rotatable bonds is 5. The molecular weight excluding hydrogens is 445 g/mol. The van der Waals surface area contributed by atoms with Crippen molar-refractivity contribution in [3.8, 4) is 5.69 Å². The monoisotopic (exact) mass is 465 g/mol. The summed E-state index contributed by atoms with van der Waals surface area (Å²) in [6.07, 6.45) is 3.29. The van der Waals surface area contributed by atoms with Crippen molar-refractivity contribution in [2.45, 2.75) is 31.3 Å². The summed E-state index contributed by atoms with van der Waals surface area (Å²) in [4.78, 5) is 30.4. The van der Waals surface area contributed by atoms with Gasteiger partial charge in [0.25, 0.3) is 5.56 Å². The Balaban J connectivity index is 1.42. The number of hydrogen-bond donors (Lipinski definition) is 1. The van der Waals surface area contributed by atoms with Crippen LogP contribution in [0.15, 0.2) is 57.8 Å². The summed E-state index contributed by atoms with van der Waals surface area (Å²) < 4.78 is 15.8. The molecule has 162 valence electrons. The molecule has 5 nitrogen and oxygen atoms in total. The molecule has 0 aliphatic heterocycles. The van der Waals surface area contributed by atoms with Crippen molar-refractivity contribution in [2.75, 3.05) is 11.1 Å². The Kier molecular flexibility index (Phi) is 5.57. The third-order valence-electron chi connectivity index (χ3n) is 5.56. The highest BCUT2D eigenvalue weighted by Gasteiger charge is 2.17. The molecule has 0 bridgehead atoms. The largest absolute Gasteiger partial charge is 0.325 e. The van der Waals surface area contributed by atoms with Crippen LogP contribution in [0, 0.1) is 12.7 Å². The summed E-state index contributed by atoms with van der Waals surface area (Å²) in [5.74, 6) is -0.413. The van der Waals surface area contributed by atoms with Crippen molar-refractivity contribution < 1.29 is 9.18 Å². The molecule has 0 fully saturated rings. The molecule has 0 spiro atoms. The number of carbonyl (C=O) groups excluding carboxylic acids is 1. The molecule has 1 aliphatic rings. The van der Waals surface area contributed by atoms with Crippen LogP contribution in [0.1, 0.15) is 23.1 Å². The smallest absolute Gasteiger partial charge is 0.276 e. The average molecular weight is 466 g/mol. The van der Waals surface area contributed by atoms with Gasteiger partial charge >= 0.3 is 0 Å². The number of benzene rings is 2. The number of carbonyl (C=O) groups is 1. The summed E-state index contributed by atoms with van der Waals surface area (Å²) in [5, 5.41) is 5.15. The van der Waals surface area contributed by atoms with Gasteiger partial charge in [0.2, 0.25) is 5.91 Å². The Labute approximate surface area is 192 Å². The third-order valence-corrected chi connectivity index (χ3v) is 7.39. The van der Waals surface area contributed by atoms with E-state index in [0.29, 0.717) is 26.6 Å². The number of thioether (sulfide) groups is 1. The predicted octanol–water partition coefficient (Wildman–Crippen LogP) is 5.11. The van der Waals surface area contributed by atoms with E-state index < -0.39 is 0 Å². The highest BCUT2D eigenvalue weighted by Crippen LogP contribution is 2.27. The van der Waals surface area contributed by atoms with Gasteiger partial charge < -0.3 is 5.32 Å². The van der Waals surface area contributed by atoms with Gasteiger partial charge in [0.05, 0.1) is 17.0 Å². The Morgan fingerprint density at radius 2 is 2.03 bits per heavy atom. The summed E-state index contributed by atoms with van der Waals surface area (Å²) in [6.45, 7) is 1.65. The van der Waals surface area contributed by atoms with Gasteiger partial charge in [0, 0.05) is 5.69 Å². The SMILES string of the molecule is Cc1cc(-n2c(SCC(=O)Nc3ccc4c(c3)CCC4)nc3ccsc3c2=O)ccc1F. The number of halogens is 1. The zero-order chi connectivity index (χ0) is 22.2. The third kappa shape index (κ3) is 3.96. The van der Waals surface area contributed by atoms with Crippen LogP contribution in [0.4, 0.5) is 10.1 Å². The number of thiophene rings is 1. The molecule has 0 saturated carbocycles. The second-order valence-corrected chi connectivity index (χ2v) is 9.64. The lowest BCUT2D eigenvalue weighted by molar-refractivity contribution is -0.113. The molecule has 8 heteroatoms. The van der Waals surface area contributed by atoms with Gasteiger partial charge in [-0.15, -0.1) is 11.3 Å². The van der Waals surface area contributed by atoms with E-state index in [1.54, 1.807) is 25.1 Å². The molecule has 1 aliphatic carbocycles. The van der Waals surface area contributed by atoms with E-state index in [2.05, 4.69) is 16.4 Å². The van der Waals surface area contributed by atoms with Crippen LogP contribution in [0.2, 0.25) is 0 Å². The van der Waals surface area contributed by atoms with E-state index in [1.807, 2.05) is 17.5 Å². The number of nitrogens with zero attached hydrogens (tertiary/aromatic N) is 2. The van der Waals surface area contributed by atoms with Crippen LogP contribution in [-0.4, -0.2) is 21.2 Å². The number of hydrogen-bond acceptors (Lipinski definition) is 5. The van der Waals surface area contributed by atoms with Crippen molar-refractivity contribution in [1.82, 2.24) is 9.55 Å². The fraction of sp³-hybridized carbons (Fsp3) is 0.208. The number of amides is 1. The Hall–Kier alpha value is -2.97. The molecule has 2 aromatic carbocycles. The minimum atomic E-state index is -0.338. The minimum absolute atomic E-state index is 0.0966. The van der Waals surface area contributed by atoms with Crippen LogP contribution >= 0.6 is 23.1 Å². The number of anilines is 1. The van der Waals surface area contributed by atoms with Gasteiger partial charge in [-0.3, -0.25) is 14.2 Å². The summed E-state index contributed by atoms with van der Waals surface area (Å²) in [7, 11) is 0.